The Labute approximate surface area is 114 Å². The Morgan fingerprint density at radius 2 is 1.89 bits per heavy atom. The number of sulfonamides is 1. The first-order valence-corrected chi connectivity index (χ1v) is 9.81. The van der Waals surface area contributed by atoms with Gasteiger partial charge in [-0.15, -0.1) is 0 Å². The summed E-state index contributed by atoms with van der Waals surface area (Å²) in [4.78, 5) is 0. The van der Waals surface area contributed by atoms with Crippen molar-refractivity contribution < 1.29 is 16.8 Å². The van der Waals surface area contributed by atoms with Crippen molar-refractivity contribution in [3.8, 4) is 0 Å². The maximum Gasteiger partial charge on any atom is 0.217 e. The van der Waals surface area contributed by atoms with E-state index < -0.39 is 25.1 Å². The number of nitrogens with zero attached hydrogens (tertiary/aromatic N) is 1. The minimum Gasteiger partial charge on any atom is -0.329 e. The largest absolute Gasteiger partial charge is 0.329 e. The van der Waals surface area contributed by atoms with Crippen LogP contribution in [-0.2, 0) is 19.9 Å². The van der Waals surface area contributed by atoms with Crippen molar-refractivity contribution in [3.63, 3.8) is 0 Å². The molecule has 19 heavy (non-hydrogen) atoms. The number of hydrogen-bond donors (Lipinski definition) is 2. The van der Waals surface area contributed by atoms with Gasteiger partial charge in [0.05, 0.1) is 16.8 Å². The van der Waals surface area contributed by atoms with Crippen LogP contribution >= 0.6 is 0 Å². The Hall–Kier alpha value is -0.220. The van der Waals surface area contributed by atoms with E-state index in [0.717, 1.165) is 0 Å². The van der Waals surface area contributed by atoms with Crippen molar-refractivity contribution in [2.45, 2.75) is 24.1 Å². The Morgan fingerprint density at radius 3 is 2.47 bits per heavy atom. The fourth-order valence-electron chi connectivity index (χ4n) is 2.64. The van der Waals surface area contributed by atoms with Crippen molar-refractivity contribution in [2.24, 2.45) is 5.73 Å². The molecule has 0 aromatic heterocycles. The second-order valence-electron chi connectivity index (χ2n) is 5.10. The standard InChI is InChI=1S/C10H21N3O4S2/c11-7-9-8-12-3-4-13(9)19(16,17)10-1-5-18(14,15)6-2-10/h9-10,12H,1-8,11H2. The minimum atomic E-state index is -3.45. The van der Waals surface area contributed by atoms with Gasteiger partial charge in [0, 0.05) is 32.2 Å². The first kappa shape index (κ1) is 15.2. The highest BCUT2D eigenvalue weighted by Gasteiger charge is 2.40. The van der Waals surface area contributed by atoms with E-state index in [0.29, 0.717) is 19.6 Å². The molecular weight excluding hydrogens is 290 g/mol. The Morgan fingerprint density at radius 1 is 1.26 bits per heavy atom. The molecule has 2 fully saturated rings. The molecule has 0 radical (unpaired) electrons. The van der Waals surface area contributed by atoms with Crippen LogP contribution in [0, 0.1) is 0 Å². The van der Waals surface area contributed by atoms with E-state index in [9.17, 15) is 16.8 Å². The summed E-state index contributed by atoms with van der Waals surface area (Å²) in [5.74, 6) is -0.0629. The van der Waals surface area contributed by atoms with Gasteiger partial charge in [-0.1, -0.05) is 0 Å². The molecule has 0 saturated carbocycles. The molecule has 0 amide bonds. The van der Waals surface area contributed by atoms with Gasteiger partial charge < -0.3 is 11.1 Å². The summed E-state index contributed by atoms with van der Waals surface area (Å²) in [6, 6.07) is -0.225. The van der Waals surface area contributed by atoms with Gasteiger partial charge in [-0.2, -0.15) is 4.31 Å². The molecule has 0 bridgehead atoms. The zero-order valence-corrected chi connectivity index (χ0v) is 12.4. The van der Waals surface area contributed by atoms with Gasteiger partial charge in [0.15, 0.2) is 0 Å². The van der Waals surface area contributed by atoms with Gasteiger partial charge in [-0.05, 0) is 12.8 Å². The molecule has 1 atom stereocenters. The van der Waals surface area contributed by atoms with Crippen LogP contribution in [0.4, 0.5) is 0 Å². The minimum absolute atomic E-state index is 0.0315. The van der Waals surface area contributed by atoms with E-state index in [1.54, 1.807) is 0 Å². The SMILES string of the molecule is NCC1CNCCN1S(=O)(=O)C1CCS(=O)(=O)CC1. The molecular formula is C10H21N3O4S2. The van der Waals surface area contributed by atoms with E-state index in [4.69, 9.17) is 5.73 Å². The van der Waals surface area contributed by atoms with Crippen LogP contribution in [-0.4, -0.2) is 70.1 Å². The van der Waals surface area contributed by atoms with Crippen LogP contribution in [0.1, 0.15) is 12.8 Å². The lowest BCUT2D eigenvalue weighted by Crippen LogP contribution is -2.58. The zero-order valence-electron chi connectivity index (χ0n) is 10.8. The Balaban J connectivity index is 2.13. The van der Waals surface area contributed by atoms with Gasteiger partial charge in [-0.3, -0.25) is 0 Å². The number of nitrogens with one attached hydrogen (secondary N) is 1. The molecule has 2 saturated heterocycles. The van der Waals surface area contributed by atoms with Gasteiger partial charge in [0.1, 0.15) is 9.84 Å². The highest BCUT2D eigenvalue weighted by atomic mass is 32.2. The Kier molecular flexibility index (Phi) is 4.51. The van der Waals surface area contributed by atoms with E-state index in [1.165, 1.54) is 4.31 Å². The third-order valence-corrected chi connectivity index (χ3v) is 7.98. The lowest BCUT2D eigenvalue weighted by molar-refractivity contribution is 0.269. The lowest BCUT2D eigenvalue weighted by Gasteiger charge is -2.37. The number of rotatable bonds is 3. The molecule has 2 aliphatic rings. The molecule has 0 aromatic carbocycles. The first-order chi connectivity index (χ1) is 8.87. The summed E-state index contributed by atoms with van der Waals surface area (Å²) in [5, 5.41) is 2.54. The van der Waals surface area contributed by atoms with E-state index >= 15 is 0 Å². The van der Waals surface area contributed by atoms with Crippen LogP contribution in [0.3, 0.4) is 0 Å². The van der Waals surface area contributed by atoms with E-state index in [1.807, 2.05) is 0 Å². The molecule has 2 rings (SSSR count). The average Bonchev–Trinajstić information content (AvgIpc) is 2.38. The van der Waals surface area contributed by atoms with Gasteiger partial charge in [-0.25, -0.2) is 16.8 Å². The second kappa shape index (κ2) is 5.65. The summed E-state index contributed by atoms with van der Waals surface area (Å²) in [6.45, 7) is 1.85. The molecule has 0 aliphatic carbocycles. The van der Waals surface area contributed by atoms with Crippen LogP contribution < -0.4 is 11.1 Å². The van der Waals surface area contributed by atoms with Crippen molar-refractivity contribution in [1.82, 2.24) is 9.62 Å². The molecule has 1 unspecified atom stereocenters. The number of nitrogens with two attached hydrogens (primary N) is 1. The third kappa shape index (κ3) is 3.27. The number of sulfone groups is 1. The van der Waals surface area contributed by atoms with Crippen molar-refractivity contribution in [3.05, 3.63) is 0 Å². The zero-order chi connectivity index (χ0) is 14.1. The summed E-state index contributed by atoms with van der Waals surface area (Å²) in [7, 11) is -6.49. The molecule has 3 N–H and O–H groups in total. The van der Waals surface area contributed by atoms with Crippen molar-refractivity contribution in [2.75, 3.05) is 37.7 Å². The number of hydrogen-bond acceptors (Lipinski definition) is 6. The highest BCUT2D eigenvalue weighted by molar-refractivity contribution is 7.92. The summed E-state index contributed by atoms with van der Waals surface area (Å²) < 4.78 is 49.4. The first-order valence-electron chi connectivity index (χ1n) is 6.49. The predicted octanol–water partition coefficient (Wildman–Crippen LogP) is -1.87. The normalized spacial score (nSPS) is 30.3. The maximum absolute atomic E-state index is 12.6. The molecule has 0 aromatic rings. The van der Waals surface area contributed by atoms with Crippen molar-refractivity contribution in [1.29, 1.82) is 0 Å². The quantitative estimate of drug-likeness (QED) is 0.632. The van der Waals surface area contributed by atoms with Crippen molar-refractivity contribution >= 4 is 19.9 Å². The summed E-state index contributed by atoms with van der Waals surface area (Å²) in [6.07, 6.45) is 0.401. The molecule has 2 aliphatic heterocycles. The Bertz CT molecular complexity index is 503. The molecule has 7 nitrogen and oxygen atoms in total. The van der Waals surface area contributed by atoms with Gasteiger partial charge in [0.2, 0.25) is 10.0 Å². The van der Waals surface area contributed by atoms with E-state index in [2.05, 4.69) is 5.32 Å². The third-order valence-electron chi connectivity index (χ3n) is 3.82. The molecule has 9 heteroatoms. The van der Waals surface area contributed by atoms with Gasteiger partial charge >= 0.3 is 0 Å². The summed E-state index contributed by atoms with van der Waals surface area (Å²) in [5.41, 5.74) is 5.62. The predicted molar refractivity (Wildman–Crippen MR) is 73.0 cm³/mol. The summed E-state index contributed by atoms with van der Waals surface area (Å²) >= 11 is 0. The van der Waals surface area contributed by atoms with Crippen LogP contribution in [0.2, 0.25) is 0 Å². The van der Waals surface area contributed by atoms with Crippen LogP contribution in [0.15, 0.2) is 0 Å². The maximum atomic E-state index is 12.6. The fraction of sp³-hybridized carbons (Fsp3) is 1.00. The number of piperazine rings is 1. The molecule has 112 valence electrons. The van der Waals surface area contributed by atoms with Crippen LogP contribution in [0.25, 0.3) is 0 Å². The average molecular weight is 311 g/mol. The second-order valence-corrected chi connectivity index (χ2v) is 9.57. The molecule has 0 spiro atoms. The topological polar surface area (TPSA) is 110 Å². The smallest absolute Gasteiger partial charge is 0.217 e. The monoisotopic (exact) mass is 311 g/mol. The lowest BCUT2D eigenvalue weighted by atomic mass is 10.2. The molecule has 2 heterocycles. The van der Waals surface area contributed by atoms with Gasteiger partial charge in [0.25, 0.3) is 0 Å². The van der Waals surface area contributed by atoms with Crippen LogP contribution in [0.5, 0.6) is 0 Å². The fourth-order valence-corrected chi connectivity index (χ4v) is 6.56. The highest BCUT2D eigenvalue weighted by Crippen LogP contribution is 2.24. The van der Waals surface area contributed by atoms with E-state index in [-0.39, 0.29) is 36.9 Å².